The number of hydrogen-bond acceptors (Lipinski definition) is 4. The average molecular weight is 244 g/mol. The lowest BCUT2D eigenvalue weighted by atomic mass is 10.2. The maximum Gasteiger partial charge on any atom is 0.0594 e. The molecule has 2 aliphatic rings. The minimum atomic E-state index is 0.760. The number of morpholine rings is 1. The van der Waals surface area contributed by atoms with Crippen LogP contribution in [0.1, 0.15) is 19.3 Å². The van der Waals surface area contributed by atoms with Crippen LogP contribution in [-0.4, -0.2) is 61.8 Å². The van der Waals surface area contributed by atoms with Crippen LogP contribution in [0.5, 0.6) is 0 Å². The standard InChI is InChI=1S/C12H24N2OS/c1-16-12-4-2-3-11(12)13-5-6-14-7-9-15-10-8-14/h11-13H,2-10H2,1H3. The van der Waals surface area contributed by atoms with Crippen molar-refractivity contribution in [1.82, 2.24) is 10.2 Å². The maximum absolute atomic E-state index is 5.35. The fraction of sp³-hybridized carbons (Fsp3) is 1.00. The van der Waals surface area contributed by atoms with Crippen LogP contribution in [0.15, 0.2) is 0 Å². The summed E-state index contributed by atoms with van der Waals surface area (Å²) in [6.07, 6.45) is 6.42. The molecule has 2 fully saturated rings. The van der Waals surface area contributed by atoms with E-state index in [1.54, 1.807) is 0 Å². The van der Waals surface area contributed by atoms with E-state index >= 15 is 0 Å². The number of ether oxygens (including phenoxy) is 1. The van der Waals surface area contributed by atoms with E-state index < -0.39 is 0 Å². The largest absolute Gasteiger partial charge is 0.379 e. The molecule has 2 atom stereocenters. The summed E-state index contributed by atoms with van der Waals surface area (Å²) in [7, 11) is 0. The van der Waals surface area contributed by atoms with E-state index in [0.29, 0.717) is 0 Å². The molecule has 16 heavy (non-hydrogen) atoms. The normalized spacial score (nSPS) is 32.1. The lowest BCUT2D eigenvalue weighted by molar-refractivity contribution is 0.0382. The first-order valence-electron chi connectivity index (χ1n) is 6.46. The van der Waals surface area contributed by atoms with Crippen LogP contribution in [-0.2, 0) is 4.74 Å². The Kier molecular flexibility index (Phi) is 5.42. The first-order valence-corrected chi connectivity index (χ1v) is 7.75. The third-order valence-electron chi connectivity index (χ3n) is 3.69. The number of thioether (sulfide) groups is 1. The SMILES string of the molecule is CSC1CCCC1NCCN1CCOCC1. The lowest BCUT2D eigenvalue weighted by Gasteiger charge is -2.28. The lowest BCUT2D eigenvalue weighted by Crippen LogP contribution is -2.43. The summed E-state index contributed by atoms with van der Waals surface area (Å²) in [5.74, 6) is 0. The molecule has 1 saturated heterocycles. The van der Waals surface area contributed by atoms with E-state index in [4.69, 9.17) is 4.74 Å². The molecule has 0 spiro atoms. The van der Waals surface area contributed by atoms with Crippen molar-refractivity contribution in [3.63, 3.8) is 0 Å². The molecule has 1 saturated carbocycles. The summed E-state index contributed by atoms with van der Waals surface area (Å²) >= 11 is 2.03. The second-order valence-corrected chi connectivity index (χ2v) is 5.80. The highest BCUT2D eigenvalue weighted by Gasteiger charge is 2.25. The smallest absolute Gasteiger partial charge is 0.0594 e. The molecule has 0 bridgehead atoms. The summed E-state index contributed by atoms with van der Waals surface area (Å²) in [5, 5.41) is 4.58. The molecule has 0 aromatic heterocycles. The molecule has 1 aliphatic heterocycles. The van der Waals surface area contributed by atoms with Gasteiger partial charge in [-0.15, -0.1) is 0 Å². The minimum Gasteiger partial charge on any atom is -0.379 e. The second kappa shape index (κ2) is 6.84. The quantitative estimate of drug-likeness (QED) is 0.785. The van der Waals surface area contributed by atoms with Gasteiger partial charge in [-0.1, -0.05) is 6.42 Å². The van der Waals surface area contributed by atoms with E-state index in [9.17, 15) is 0 Å². The molecule has 0 aromatic carbocycles. The Labute approximate surface area is 103 Å². The second-order valence-electron chi connectivity index (χ2n) is 4.72. The molecule has 1 aliphatic carbocycles. The highest BCUT2D eigenvalue weighted by atomic mass is 32.2. The zero-order chi connectivity index (χ0) is 11.2. The first-order chi connectivity index (χ1) is 7.90. The van der Waals surface area contributed by atoms with Gasteiger partial charge in [0, 0.05) is 37.5 Å². The summed E-state index contributed by atoms with van der Waals surface area (Å²) in [6.45, 7) is 6.37. The van der Waals surface area contributed by atoms with Crippen molar-refractivity contribution in [2.24, 2.45) is 0 Å². The van der Waals surface area contributed by atoms with Gasteiger partial charge in [-0.2, -0.15) is 11.8 Å². The number of nitrogens with one attached hydrogen (secondary N) is 1. The molecular formula is C12H24N2OS. The fourth-order valence-electron chi connectivity index (χ4n) is 2.67. The van der Waals surface area contributed by atoms with Gasteiger partial charge in [0.25, 0.3) is 0 Å². The number of nitrogens with zero attached hydrogens (tertiary/aromatic N) is 1. The van der Waals surface area contributed by atoms with Gasteiger partial charge in [0.1, 0.15) is 0 Å². The third kappa shape index (κ3) is 3.62. The van der Waals surface area contributed by atoms with Crippen LogP contribution >= 0.6 is 11.8 Å². The Morgan fingerprint density at radius 1 is 1.31 bits per heavy atom. The fourth-order valence-corrected chi connectivity index (χ4v) is 3.64. The molecule has 94 valence electrons. The van der Waals surface area contributed by atoms with E-state index in [-0.39, 0.29) is 0 Å². The molecule has 1 N–H and O–H groups in total. The van der Waals surface area contributed by atoms with Crippen LogP contribution in [0.2, 0.25) is 0 Å². The first kappa shape index (κ1) is 12.7. The molecule has 3 nitrogen and oxygen atoms in total. The van der Waals surface area contributed by atoms with Crippen molar-refractivity contribution in [3.8, 4) is 0 Å². The Balaban J connectivity index is 1.59. The highest BCUT2D eigenvalue weighted by Crippen LogP contribution is 2.28. The van der Waals surface area contributed by atoms with Crippen molar-refractivity contribution in [2.75, 3.05) is 45.6 Å². The van der Waals surface area contributed by atoms with Crippen LogP contribution in [0.3, 0.4) is 0 Å². The Morgan fingerprint density at radius 2 is 2.12 bits per heavy atom. The molecule has 4 heteroatoms. The number of hydrogen-bond donors (Lipinski definition) is 1. The summed E-state index contributed by atoms with van der Waals surface area (Å²) in [4.78, 5) is 2.50. The van der Waals surface area contributed by atoms with E-state index in [1.165, 1.54) is 25.8 Å². The Bertz CT molecular complexity index is 197. The van der Waals surface area contributed by atoms with Crippen LogP contribution in [0.4, 0.5) is 0 Å². The molecule has 0 aromatic rings. The molecule has 1 heterocycles. The summed E-state index contributed by atoms with van der Waals surface area (Å²) in [6, 6.07) is 0.760. The van der Waals surface area contributed by atoms with Gasteiger partial charge in [-0.05, 0) is 19.1 Å². The summed E-state index contributed by atoms with van der Waals surface area (Å²) in [5.41, 5.74) is 0. The van der Waals surface area contributed by atoms with Gasteiger partial charge in [-0.25, -0.2) is 0 Å². The van der Waals surface area contributed by atoms with E-state index in [1.807, 2.05) is 11.8 Å². The zero-order valence-corrected chi connectivity index (χ0v) is 11.1. The maximum atomic E-state index is 5.35. The number of rotatable bonds is 5. The van der Waals surface area contributed by atoms with Crippen LogP contribution in [0.25, 0.3) is 0 Å². The third-order valence-corrected chi connectivity index (χ3v) is 4.86. The van der Waals surface area contributed by atoms with Gasteiger partial charge in [-0.3, -0.25) is 4.90 Å². The van der Waals surface area contributed by atoms with Gasteiger partial charge in [0.05, 0.1) is 13.2 Å². The van der Waals surface area contributed by atoms with Gasteiger partial charge in [0.2, 0.25) is 0 Å². The van der Waals surface area contributed by atoms with E-state index in [0.717, 1.165) is 44.1 Å². The van der Waals surface area contributed by atoms with Gasteiger partial charge < -0.3 is 10.1 Å². The highest BCUT2D eigenvalue weighted by molar-refractivity contribution is 7.99. The van der Waals surface area contributed by atoms with Crippen molar-refractivity contribution in [3.05, 3.63) is 0 Å². The molecule has 0 radical (unpaired) electrons. The van der Waals surface area contributed by atoms with Crippen molar-refractivity contribution in [2.45, 2.75) is 30.6 Å². The van der Waals surface area contributed by atoms with Crippen LogP contribution in [0, 0.1) is 0 Å². The molecule has 2 unspecified atom stereocenters. The zero-order valence-electron chi connectivity index (χ0n) is 10.3. The predicted octanol–water partition coefficient (Wildman–Crippen LogP) is 1.19. The van der Waals surface area contributed by atoms with Crippen molar-refractivity contribution in [1.29, 1.82) is 0 Å². The van der Waals surface area contributed by atoms with Crippen molar-refractivity contribution >= 4 is 11.8 Å². The minimum absolute atomic E-state index is 0.760. The Hall–Kier alpha value is 0.230. The predicted molar refractivity (Wildman–Crippen MR) is 70.2 cm³/mol. The molecule has 2 rings (SSSR count). The summed E-state index contributed by atoms with van der Waals surface area (Å²) < 4.78 is 5.35. The molecular weight excluding hydrogens is 220 g/mol. The van der Waals surface area contributed by atoms with Crippen molar-refractivity contribution < 1.29 is 4.74 Å². The Morgan fingerprint density at radius 3 is 2.88 bits per heavy atom. The topological polar surface area (TPSA) is 24.5 Å². The molecule has 0 amide bonds. The van der Waals surface area contributed by atoms with Gasteiger partial charge >= 0.3 is 0 Å². The van der Waals surface area contributed by atoms with Gasteiger partial charge in [0.15, 0.2) is 0 Å². The van der Waals surface area contributed by atoms with E-state index in [2.05, 4.69) is 16.5 Å². The average Bonchev–Trinajstić information content (AvgIpc) is 2.78. The monoisotopic (exact) mass is 244 g/mol. The van der Waals surface area contributed by atoms with Crippen LogP contribution < -0.4 is 5.32 Å².